The highest BCUT2D eigenvalue weighted by Gasteiger charge is 2.29. The van der Waals surface area contributed by atoms with Gasteiger partial charge in [-0.25, -0.2) is 14.5 Å². The summed E-state index contributed by atoms with van der Waals surface area (Å²) in [4.78, 5) is 21.5. The molecule has 1 saturated carbocycles. The summed E-state index contributed by atoms with van der Waals surface area (Å²) in [6.45, 7) is 4.68. The molecule has 6 heteroatoms. The Hall–Kier alpha value is -2.76. The summed E-state index contributed by atoms with van der Waals surface area (Å²) < 4.78 is 1.85. The van der Waals surface area contributed by atoms with Gasteiger partial charge in [0.2, 0.25) is 0 Å². The van der Waals surface area contributed by atoms with Gasteiger partial charge >= 0.3 is 5.97 Å². The molecule has 0 aromatic carbocycles. The fourth-order valence-electron chi connectivity index (χ4n) is 4.22. The fourth-order valence-corrected chi connectivity index (χ4v) is 4.22. The molecule has 0 atom stereocenters. The van der Waals surface area contributed by atoms with Crippen LogP contribution in [0.4, 0.5) is 0 Å². The van der Waals surface area contributed by atoms with Crippen molar-refractivity contribution >= 4 is 17.0 Å². The third-order valence-corrected chi connectivity index (χ3v) is 5.48. The van der Waals surface area contributed by atoms with Gasteiger partial charge in [0.25, 0.3) is 0 Å². The zero-order valence-electron chi connectivity index (χ0n) is 15.8. The first-order valence-electron chi connectivity index (χ1n) is 9.65. The smallest absolute Gasteiger partial charge is 0.338 e. The molecule has 0 aliphatic heterocycles. The highest BCUT2D eigenvalue weighted by molar-refractivity contribution is 6.06. The molecule has 0 amide bonds. The lowest BCUT2D eigenvalue weighted by molar-refractivity contribution is 0.0695. The van der Waals surface area contributed by atoms with Crippen molar-refractivity contribution in [1.29, 1.82) is 0 Å². The van der Waals surface area contributed by atoms with Gasteiger partial charge in [-0.15, -0.1) is 0 Å². The van der Waals surface area contributed by atoms with Crippen LogP contribution in [0.5, 0.6) is 0 Å². The minimum absolute atomic E-state index is 0.186. The van der Waals surface area contributed by atoms with Crippen molar-refractivity contribution in [3.05, 3.63) is 41.5 Å². The second-order valence-corrected chi connectivity index (χ2v) is 7.34. The van der Waals surface area contributed by atoms with Gasteiger partial charge in [0, 0.05) is 41.4 Å². The number of aromatic carboxylic acids is 1. The largest absolute Gasteiger partial charge is 0.478 e. The van der Waals surface area contributed by atoms with E-state index in [4.69, 9.17) is 4.98 Å². The second-order valence-electron chi connectivity index (χ2n) is 7.34. The lowest BCUT2D eigenvalue weighted by Gasteiger charge is -2.24. The van der Waals surface area contributed by atoms with E-state index in [9.17, 15) is 9.90 Å². The lowest BCUT2D eigenvalue weighted by Crippen LogP contribution is -2.15. The summed E-state index contributed by atoms with van der Waals surface area (Å²) in [6.07, 6.45) is 10.7. The van der Waals surface area contributed by atoms with E-state index in [1.807, 2.05) is 24.6 Å². The van der Waals surface area contributed by atoms with E-state index in [-0.39, 0.29) is 5.92 Å². The van der Waals surface area contributed by atoms with Crippen LogP contribution in [0.2, 0.25) is 0 Å². The number of hydrogen-bond donors (Lipinski definition) is 1. The normalized spacial score (nSPS) is 15.3. The van der Waals surface area contributed by atoms with Gasteiger partial charge in [-0.05, 0) is 38.3 Å². The molecular weight excluding hydrogens is 340 g/mol. The van der Waals surface area contributed by atoms with Gasteiger partial charge in [-0.2, -0.15) is 5.10 Å². The number of nitrogens with zero attached hydrogens (tertiary/aromatic N) is 4. The standard InChI is InChI=1S/C21H24N4O2/c1-3-25-20-16(12-23-25)17(15-9-13(2)10-22-11-15)18(21(26)27)19(24-20)14-7-5-4-6-8-14/h9-12,14H,3-8H2,1-2H3,(H,26,27). The van der Waals surface area contributed by atoms with Crippen LogP contribution in [0.1, 0.15) is 66.6 Å². The van der Waals surface area contributed by atoms with Crippen molar-refractivity contribution in [2.45, 2.75) is 58.4 Å². The summed E-state index contributed by atoms with van der Waals surface area (Å²) in [5.74, 6) is -0.739. The third kappa shape index (κ3) is 3.09. The monoisotopic (exact) mass is 364 g/mol. The first kappa shape index (κ1) is 17.6. The maximum Gasteiger partial charge on any atom is 0.338 e. The Labute approximate surface area is 158 Å². The van der Waals surface area contributed by atoms with Crippen LogP contribution in [0, 0.1) is 6.92 Å². The molecule has 4 rings (SSSR count). The molecule has 0 bridgehead atoms. The van der Waals surface area contributed by atoms with E-state index in [1.54, 1.807) is 18.6 Å². The number of carboxylic acid groups (broad SMARTS) is 1. The average Bonchev–Trinajstić information content (AvgIpc) is 3.09. The highest BCUT2D eigenvalue weighted by Crippen LogP contribution is 2.40. The van der Waals surface area contributed by atoms with Crippen LogP contribution in [-0.4, -0.2) is 30.8 Å². The summed E-state index contributed by atoms with van der Waals surface area (Å²) in [5, 5.41) is 15.4. The number of aromatic nitrogens is 4. The molecule has 0 unspecified atom stereocenters. The molecule has 3 heterocycles. The molecule has 0 saturated heterocycles. The van der Waals surface area contributed by atoms with Gasteiger partial charge < -0.3 is 5.11 Å². The van der Waals surface area contributed by atoms with Crippen molar-refractivity contribution in [2.75, 3.05) is 0 Å². The van der Waals surface area contributed by atoms with Gasteiger partial charge in [-0.1, -0.05) is 19.3 Å². The molecule has 1 N–H and O–H groups in total. The molecule has 1 fully saturated rings. The van der Waals surface area contributed by atoms with Crippen molar-refractivity contribution < 1.29 is 9.90 Å². The van der Waals surface area contributed by atoms with Crippen molar-refractivity contribution in [3.63, 3.8) is 0 Å². The molecule has 6 nitrogen and oxygen atoms in total. The van der Waals surface area contributed by atoms with E-state index < -0.39 is 5.97 Å². The first-order chi connectivity index (χ1) is 13.1. The maximum absolute atomic E-state index is 12.4. The second kappa shape index (κ2) is 7.10. The number of carboxylic acids is 1. The van der Waals surface area contributed by atoms with E-state index in [1.165, 1.54) is 6.42 Å². The third-order valence-electron chi connectivity index (χ3n) is 5.48. The van der Waals surface area contributed by atoms with Gasteiger partial charge in [-0.3, -0.25) is 4.98 Å². The Balaban J connectivity index is 2.07. The van der Waals surface area contributed by atoms with Gasteiger partial charge in [0.15, 0.2) is 5.65 Å². The predicted octanol–water partition coefficient (Wildman–Crippen LogP) is 4.57. The van der Waals surface area contributed by atoms with Crippen molar-refractivity contribution in [1.82, 2.24) is 19.7 Å². The van der Waals surface area contributed by atoms with Gasteiger partial charge in [0.1, 0.15) is 0 Å². The minimum Gasteiger partial charge on any atom is -0.478 e. The van der Waals surface area contributed by atoms with Crippen LogP contribution >= 0.6 is 0 Å². The summed E-state index contributed by atoms with van der Waals surface area (Å²) >= 11 is 0. The van der Waals surface area contributed by atoms with Crippen LogP contribution in [-0.2, 0) is 6.54 Å². The highest BCUT2D eigenvalue weighted by atomic mass is 16.4. The van der Waals surface area contributed by atoms with Crippen LogP contribution in [0.25, 0.3) is 22.2 Å². The topological polar surface area (TPSA) is 80.9 Å². The van der Waals surface area contributed by atoms with E-state index >= 15 is 0 Å². The summed E-state index contributed by atoms with van der Waals surface area (Å²) in [5.41, 5.74) is 4.30. The fraction of sp³-hybridized carbons (Fsp3) is 0.429. The zero-order chi connectivity index (χ0) is 19.0. The Kier molecular flexibility index (Phi) is 4.64. The number of fused-ring (bicyclic) bond motifs is 1. The summed E-state index contributed by atoms with van der Waals surface area (Å²) in [6, 6.07) is 1.99. The molecule has 0 spiro atoms. The molecule has 1 aliphatic rings. The Morgan fingerprint density at radius 2 is 2.00 bits per heavy atom. The van der Waals surface area contributed by atoms with Gasteiger partial charge in [0.05, 0.1) is 17.5 Å². The SMILES string of the molecule is CCn1ncc2c(-c3cncc(C)c3)c(C(=O)O)c(C3CCCCC3)nc21. The number of rotatable bonds is 4. The molecule has 3 aromatic heterocycles. The Bertz CT molecular complexity index is 1000. The average molecular weight is 364 g/mol. The predicted molar refractivity (Wildman–Crippen MR) is 104 cm³/mol. The Morgan fingerprint density at radius 1 is 1.22 bits per heavy atom. The molecule has 0 radical (unpaired) electrons. The van der Waals surface area contributed by atoms with E-state index in [0.717, 1.165) is 47.8 Å². The quantitative estimate of drug-likeness (QED) is 0.733. The molecule has 27 heavy (non-hydrogen) atoms. The van der Waals surface area contributed by atoms with Crippen molar-refractivity contribution in [2.24, 2.45) is 0 Å². The Morgan fingerprint density at radius 3 is 2.67 bits per heavy atom. The molecule has 3 aromatic rings. The summed E-state index contributed by atoms with van der Waals surface area (Å²) in [7, 11) is 0. The zero-order valence-corrected chi connectivity index (χ0v) is 15.8. The molecular formula is C21H24N4O2. The molecule has 140 valence electrons. The van der Waals surface area contributed by atoms with Crippen molar-refractivity contribution in [3.8, 4) is 11.1 Å². The van der Waals surface area contributed by atoms with Crippen LogP contribution < -0.4 is 0 Å². The van der Waals surface area contributed by atoms with E-state index in [0.29, 0.717) is 23.4 Å². The molecule has 1 aliphatic carbocycles. The number of carbonyl (C=O) groups is 1. The van der Waals surface area contributed by atoms with Crippen LogP contribution in [0.3, 0.4) is 0 Å². The number of hydrogen-bond acceptors (Lipinski definition) is 4. The van der Waals surface area contributed by atoms with E-state index in [2.05, 4.69) is 10.1 Å². The maximum atomic E-state index is 12.4. The number of aryl methyl sites for hydroxylation is 2. The first-order valence-corrected chi connectivity index (χ1v) is 9.65. The number of pyridine rings is 2. The minimum atomic E-state index is -0.925. The lowest BCUT2D eigenvalue weighted by atomic mass is 9.83. The van der Waals surface area contributed by atoms with Crippen LogP contribution in [0.15, 0.2) is 24.7 Å².